The first-order valence-electron chi connectivity index (χ1n) is 9.38. The summed E-state index contributed by atoms with van der Waals surface area (Å²) in [7, 11) is 1.33. The van der Waals surface area contributed by atoms with Gasteiger partial charge < -0.3 is 14.0 Å². The second-order valence-electron chi connectivity index (χ2n) is 7.18. The van der Waals surface area contributed by atoms with Gasteiger partial charge in [-0.3, -0.25) is 0 Å². The zero-order chi connectivity index (χ0) is 18.4. The molecule has 3 atom stereocenters. The van der Waals surface area contributed by atoms with Crippen LogP contribution in [0.2, 0.25) is 0 Å². The SMILES string of the molecule is CO[C@@H](C)c1ccccc1B1O[C@H]2C=Cc3cc4ccccc4cc3[C@H]2O1. The van der Waals surface area contributed by atoms with Crippen LogP contribution >= 0.6 is 0 Å². The minimum atomic E-state index is -0.393. The highest BCUT2D eigenvalue weighted by atomic mass is 16.7. The van der Waals surface area contributed by atoms with Crippen molar-refractivity contribution in [3.63, 3.8) is 0 Å². The van der Waals surface area contributed by atoms with Crippen molar-refractivity contribution in [3.8, 4) is 0 Å². The summed E-state index contributed by atoms with van der Waals surface area (Å²) in [5, 5.41) is 2.47. The third-order valence-electron chi connectivity index (χ3n) is 5.61. The Hall–Kier alpha value is -2.40. The van der Waals surface area contributed by atoms with E-state index < -0.39 is 7.12 Å². The predicted molar refractivity (Wildman–Crippen MR) is 109 cm³/mol. The van der Waals surface area contributed by atoms with Gasteiger partial charge in [0.1, 0.15) is 0 Å². The molecule has 1 aliphatic heterocycles. The van der Waals surface area contributed by atoms with Crippen LogP contribution in [0.5, 0.6) is 0 Å². The first-order chi connectivity index (χ1) is 13.2. The van der Waals surface area contributed by atoms with Crippen LogP contribution in [0.15, 0.2) is 66.7 Å². The molecule has 3 aromatic rings. The van der Waals surface area contributed by atoms with Gasteiger partial charge in [0, 0.05) is 7.11 Å². The fourth-order valence-electron chi connectivity index (χ4n) is 4.09. The van der Waals surface area contributed by atoms with E-state index in [1.807, 2.05) is 19.1 Å². The standard InChI is InChI=1S/C23H21BO3/c1-15(25-2)19-9-5-6-10-21(19)24-26-22-12-11-18-13-16-7-3-4-8-17(16)14-20(18)23(22)27-24/h3-15,22-23H,1-2H3/t15-,22-,23+/m0/s1. The molecule has 1 saturated heterocycles. The smallest absolute Gasteiger partial charge is 0.398 e. The highest BCUT2D eigenvalue weighted by Gasteiger charge is 2.43. The number of hydrogen-bond acceptors (Lipinski definition) is 3. The maximum absolute atomic E-state index is 6.43. The van der Waals surface area contributed by atoms with Gasteiger partial charge in [-0.25, -0.2) is 0 Å². The lowest BCUT2D eigenvalue weighted by Gasteiger charge is -2.23. The van der Waals surface area contributed by atoms with Crippen LogP contribution in [-0.4, -0.2) is 20.3 Å². The Kier molecular flexibility index (Phi) is 4.12. The van der Waals surface area contributed by atoms with Gasteiger partial charge in [-0.05, 0) is 52.0 Å². The molecule has 3 nitrogen and oxygen atoms in total. The van der Waals surface area contributed by atoms with Crippen molar-refractivity contribution in [1.82, 2.24) is 0 Å². The normalized spacial score (nSPS) is 21.9. The lowest BCUT2D eigenvalue weighted by atomic mass is 9.75. The molecular weight excluding hydrogens is 335 g/mol. The Morgan fingerprint density at radius 2 is 1.70 bits per heavy atom. The van der Waals surface area contributed by atoms with E-state index in [0.717, 1.165) is 11.0 Å². The minimum absolute atomic E-state index is 0.0113. The van der Waals surface area contributed by atoms with E-state index in [-0.39, 0.29) is 18.3 Å². The van der Waals surface area contributed by atoms with Crippen LogP contribution in [0, 0.1) is 0 Å². The Balaban J connectivity index is 1.52. The van der Waals surface area contributed by atoms with E-state index in [4.69, 9.17) is 14.0 Å². The molecule has 0 bridgehead atoms. The maximum Gasteiger partial charge on any atom is 0.495 e. The third-order valence-corrected chi connectivity index (χ3v) is 5.61. The van der Waals surface area contributed by atoms with Crippen molar-refractivity contribution < 1.29 is 14.0 Å². The quantitative estimate of drug-likeness (QED) is 0.650. The van der Waals surface area contributed by atoms with Crippen molar-refractivity contribution in [2.45, 2.75) is 25.2 Å². The average Bonchev–Trinajstić information content (AvgIpc) is 3.16. The number of ether oxygens (including phenoxy) is 1. The molecule has 1 aliphatic carbocycles. The number of hydrogen-bond donors (Lipinski definition) is 0. The molecule has 5 rings (SSSR count). The summed E-state index contributed by atoms with van der Waals surface area (Å²) >= 11 is 0. The van der Waals surface area contributed by atoms with Crippen LogP contribution in [0.25, 0.3) is 16.8 Å². The summed E-state index contributed by atoms with van der Waals surface area (Å²) in [6, 6.07) is 21.1. The Labute approximate surface area is 159 Å². The summed E-state index contributed by atoms with van der Waals surface area (Å²) in [6.07, 6.45) is 4.09. The molecule has 1 heterocycles. The monoisotopic (exact) mass is 356 g/mol. The highest BCUT2D eigenvalue weighted by molar-refractivity contribution is 6.62. The van der Waals surface area contributed by atoms with Gasteiger partial charge in [-0.15, -0.1) is 0 Å². The van der Waals surface area contributed by atoms with Gasteiger partial charge in [0.2, 0.25) is 0 Å². The van der Waals surface area contributed by atoms with Crippen molar-refractivity contribution in [1.29, 1.82) is 0 Å². The number of methoxy groups -OCH3 is 1. The second-order valence-corrected chi connectivity index (χ2v) is 7.18. The minimum Gasteiger partial charge on any atom is -0.398 e. The maximum atomic E-state index is 6.43. The molecule has 0 unspecified atom stereocenters. The first-order valence-corrected chi connectivity index (χ1v) is 9.38. The molecular formula is C23H21BO3. The molecule has 0 N–H and O–H groups in total. The molecule has 0 radical (unpaired) electrons. The predicted octanol–water partition coefficient (Wildman–Crippen LogP) is 4.43. The van der Waals surface area contributed by atoms with Crippen LogP contribution < -0.4 is 5.46 Å². The van der Waals surface area contributed by atoms with Gasteiger partial charge in [-0.1, -0.05) is 60.7 Å². The summed E-state index contributed by atoms with van der Waals surface area (Å²) in [6.45, 7) is 2.04. The van der Waals surface area contributed by atoms with Gasteiger partial charge in [0.05, 0.1) is 18.3 Å². The van der Waals surface area contributed by atoms with E-state index in [1.165, 1.54) is 21.9 Å². The van der Waals surface area contributed by atoms with Crippen molar-refractivity contribution in [2.24, 2.45) is 0 Å². The summed E-state index contributed by atoms with van der Waals surface area (Å²) in [4.78, 5) is 0. The van der Waals surface area contributed by atoms with E-state index in [1.54, 1.807) is 7.11 Å². The van der Waals surface area contributed by atoms with E-state index in [2.05, 4.69) is 60.7 Å². The van der Waals surface area contributed by atoms with E-state index >= 15 is 0 Å². The van der Waals surface area contributed by atoms with Crippen molar-refractivity contribution in [2.75, 3.05) is 7.11 Å². The van der Waals surface area contributed by atoms with Gasteiger partial charge in [0.25, 0.3) is 0 Å². The van der Waals surface area contributed by atoms with Crippen LogP contribution in [0.4, 0.5) is 0 Å². The topological polar surface area (TPSA) is 27.7 Å². The van der Waals surface area contributed by atoms with Gasteiger partial charge in [-0.2, -0.15) is 0 Å². The summed E-state index contributed by atoms with van der Waals surface area (Å²) in [5.41, 5.74) is 4.54. The average molecular weight is 356 g/mol. The molecule has 2 aliphatic rings. The number of benzene rings is 3. The van der Waals surface area contributed by atoms with E-state index in [0.29, 0.717) is 0 Å². The number of fused-ring (bicyclic) bond motifs is 4. The molecule has 27 heavy (non-hydrogen) atoms. The van der Waals surface area contributed by atoms with Crippen LogP contribution in [0.1, 0.15) is 35.8 Å². The molecule has 0 aromatic heterocycles. The number of rotatable bonds is 3. The Morgan fingerprint density at radius 1 is 0.963 bits per heavy atom. The summed E-state index contributed by atoms with van der Waals surface area (Å²) < 4.78 is 18.3. The fraction of sp³-hybridized carbons (Fsp3) is 0.217. The zero-order valence-electron chi connectivity index (χ0n) is 15.5. The highest BCUT2D eigenvalue weighted by Crippen LogP contribution is 2.39. The molecule has 0 saturated carbocycles. The molecule has 0 amide bonds. The molecule has 0 spiro atoms. The molecule has 4 heteroatoms. The van der Waals surface area contributed by atoms with Crippen LogP contribution in [0.3, 0.4) is 0 Å². The Bertz CT molecular complexity index is 1030. The fourth-order valence-corrected chi connectivity index (χ4v) is 4.09. The Morgan fingerprint density at radius 3 is 2.52 bits per heavy atom. The molecule has 1 fully saturated rings. The van der Waals surface area contributed by atoms with Gasteiger partial charge in [0.15, 0.2) is 0 Å². The van der Waals surface area contributed by atoms with Crippen molar-refractivity contribution in [3.05, 3.63) is 83.4 Å². The molecule has 134 valence electrons. The lowest BCUT2D eigenvalue weighted by Crippen LogP contribution is -2.36. The second kappa shape index (κ2) is 6.64. The van der Waals surface area contributed by atoms with Crippen molar-refractivity contribution >= 4 is 29.4 Å². The third kappa shape index (κ3) is 2.81. The van der Waals surface area contributed by atoms with E-state index in [9.17, 15) is 0 Å². The summed E-state index contributed by atoms with van der Waals surface area (Å²) in [5.74, 6) is 0. The lowest BCUT2D eigenvalue weighted by molar-refractivity contribution is 0.120. The van der Waals surface area contributed by atoms with Gasteiger partial charge >= 0.3 is 7.12 Å². The molecule has 3 aromatic carbocycles. The first kappa shape index (κ1) is 16.8. The zero-order valence-corrected chi connectivity index (χ0v) is 15.5. The van der Waals surface area contributed by atoms with Crippen LogP contribution in [-0.2, 0) is 14.0 Å². The largest absolute Gasteiger partial charge is 0.495 e.